The Balaban J connectivity index is 0.00000208. The molecular weight excluding hydrogens is 391 g/mol. The quantitative estimate of drug-likeness (QED) is 0.826. The number of primary sulfonamides is 1. The topological polar surface area (TPSA) is 63.4 Å². The molecule has 1 aliphatic rings. The maximum absolute atomic E-state index is 11.6. The van der Waals surface area contributed by atoms with Crippen molar-refractivity contribution in [1.29, 1.82) is 0 Å². The predicted octanol–water partition coefficient (Wildman–Crippen LogP) is 3.64. The molecule has 24 heavy (non-hydrogen) atoms. The number of hydrogen-bond donors (Lipinski definition) is 1. The van der Waals surface area contributed by atoms with Gasteiger partial charge in [0.05, 0.1) is 4.90 Å². The Bertz CT molecular complexity index is 872. The lowest BCUT2D eigenvalue weighted by molar-refractivity contribution is 0.295. The fourth-order valence-corrected chi connectivity index (χ4v) is 4.18. The average molecular weight is 408 g/mol. The Morgan fingerprint density at radius 2 is 1.92 bits per heavy atom. The van der Waals surface area contributed by atoms with Crippen LogP contribution in [0.2, 0.25) is 10.0 Å². The lowest BCUT2D eigenvalue weighted by Gasteiger charge is -2.33. The van der Waals surface area contributed by atoms with Crippen molar-refractivity contribution in [2.24, 2.45) is 5.14 Å². The number of fused-ring (bicyclic) bond motifs is 1. The van der Waals surface area contributed by atoms with Gasteiger partial charge in [-0.05, 0) is 48.0 Å². The average Bonchev–Trinajstić information content (AvgIpc) is 2.47. The van der Waals surface area contributed by atoms with Gasteiger partial charge in [0.1, 0.15) is 0 Å². The monoisotopic (exact) mass is 406 g/mol. The van der Waals surface area contributed by atoms with Crippen molar-refractivity contribution in [2.75, 3.05) is 13.6 Å². The second-order valence-electron chi connectivity index (χ2n) is 5.82. The highest BCUT2D eigenvalue weighted by atomic mass is 35.5. The van der Waals surface area contributed by atoms with Crippen molar-refractivity contribution in [2.45, 2.75) is 17.4 Å². The minimum Gasteiger partial charge on any atom is -0.301 e. The number of nitrogens with zero attached hydrogens (tertiary/aromatic N) is 1. The molecular formula is C16H17Cl3N2O2S. The van der Waals surface area contributed by atoms with E-state index in [0.717, 1.165) is 29.8 Å². The number of nitrogens with two attached hydrogens (primary N) is 1. The summed E-state index contributed by atoms with van der Waals surface area (Å²) < 4.78 is 23.2. The number of halogens is 3. The zero-order chi connectivity index (χ0) is 16.8. The maximum Gasteiger partial charge on any atom is 0.238 e. The van der Waals surface area contributed by atoms with Gasteiger partial charge < -0.3 is 4.90 Å². The third kappa shape index (κ3) is 3.87. The van der Waals surface area contributed by atoms with Gasteiger partial charge in [-0.15, -0.1) is 12.4 Å². The van der Waals surface area contributed by atoms with Crippen LogP contribution in [0, 0.1) is 0 Å². The fourth-order valence-electron chi connectivity index (χ4n) is 3.04. The molecule has 0 fully saturated rings. The highest BCUT2D eigenvalue weighted by Crippen LogP contribution is 2.38. The number of hydrogen-bond acceptors (Lipinski definition) is 3. The first-order chi connectivity index (χ1) is 10.8. The third-order valence-corrected chi connectivity index (χ3v) is 5.55. The molecule has 0 aliphatic carbocycles. The van der Waals surface area contributed by atoms with E-state index < -0.39 is 10.0 Å². The Morgan fingerprint density at radius 1 is 1.21 bits per heavy atom. The van der Waals surface area contributed by atoms with Crippen LogP contribution in [-0.2, 0) is 16.6 Å². The summed E-state index contributed by atoms with van der Waals surface area (Å²) in [5.41, 5.74) is 2.94. The van der Waals surface area contributed by atoms with Crippen molar-refractivity contribution >= 4 is 45.6 Å². The molecule has 8 heteroatoms. The molecule has 0 saturated carbocycles. The zero-order valence-corrected chi connectivity index (χ0v) is 16.0. The third-order valence-electron chi connectivity index (χ3n) is 4.08. The van der Waals surface area contributed by atoms with Crippen molar-refractivity contribution in [3.05, 3.63) is 63.1 Å². The molecule has 2 aromatic carbocycles. The molecule has 130 valence electrons. The molecule has 0 saturated heterocycles. The summed E-state index contributed by atoms with van der Waals surface area (Å²) in [5.74, 6) is -0.0124. The molecule has 1 heterocycles. The van der Waals surface area contributed by atoms with Gasteiger partial charge in [0.15, 0.2) is 0 Å². The van der Waals surface area contributed by atoms with Crippen LogP contribution < -0.4 is 5.14 Å². The van der Waals surface area contributed by atoms with Gasteiger partial charge in [0, 0.05) is 29.1 Å². The van der Waals surface area contributed by atoms with Crippen molar-refractivity contribution < 1.29 is 8.42 Å². The molecule has 0 radical (unpaired) electrons. The van der Waals surface area contributed by atoms with Gasteiger partial charge >= 0.3 is 0 Å². The highest BCUT2D eigenvalue weighted by Gasteiger charge is 2.27. The summed E-state index contributed by atoms with van der Waals surface area (Å²) in [5, 5.41) is 6.45. The molecule has 2 N–H and O–H groups in total. The van der Waals surface area contributed by atoms with E-state index in [9.17, 15) is 8.42 Å². The standard InChI is InChI=1S/C16H16Cl2N2O2S.ClH/c1-20-8-14(10-3-2-4-12(5-10)23(19,21)22)13-6-11(17)7-16(18)15(13)9-20;/h2-7,14H,8-9H2,1H3,(H2,19,21,22);1H. The van der Waals surface area contributed by atoms with Crippen LogP contribution in [0.25, 0.3) is 0 Å². The van der Waals surface area contributed by atoms with Gasteiger partial charge in [0.2, 0.25) is 10.0 Å². The van der Waals surface area contributed by atoms with E-state index in [-0.39, 0.29) is 23.2 Å². The van der Waals surface area contributed by atoms with Crippen LogP contribution in [-0.4, -0.2) is 26.9 Å². The Morgan fingerprint density at radius 3 is 2.58 bits per heavy atom. The lowest BCUT2D eigenvalue weighted by Crippen LogP contribution is -2.31. The van der Waals surface area contributed by atoms with Crippen LogP contribution in [0.1, 0.15) is 22.6 Å². The molecule has 1 unspecified atom stereocenters. The number of sulfonamides is 1. The second kappa shape index (κ2) is 7.20. The first kappa shape index (κ1) is 19.5. The van der Waals surface area contributed by atoms with E-state index in [4.69, 9.17) is 28.3 Å². The van der Waals surface area contributed by atoms with Crippen molar-refractivity contribution in [1.82, 2.24) is 4.90 Å². The van der Waals surface area contributed by atoms with Gasteiger partial charge in [-0.2, -0.15) is 0 Å². The van der Waals surface area contributed by atoms with Crippen LogP contribution in [0.5, 0.6) is 0 Å². The first-order valence-electron chi connectivity index (χ1n) is 7.05. The van der Waals surface area contributed by atoms with E-state index in [0.29, 0.717) is 10.0 Å². The largest absolute Gasteiger partial charge is 0.301 e. The van der Waals surface area contributed by atoms with Crippen LogP contribution in [0.15, 0.2) is 41.3 Å². The second-order valence-corrected chi connectivity index (χ2v) is 8.23. The normalized spacial score (nSPS) is 17.9. The summed E-state index contributed by atoms with van der Waals surface area (Å²) in [6, 6.07) is 10.4. The minimum atomic E-state index is -3.74. The molecule has 0 aromatic heterocycles. The molecule has 0 bridgehead atoms. The summed E-state index contributed by atoms with van der Waals surface area (Å²) in [7, 11) is -1.73. The summed E-state index contributed by atoms with van der Waals surface area (Å²) in [6.07, 6.45) is 0. The molecule has 3 rings (SSSR count). The lowest BCUT2D eigenvalue weighted by atomic mass is 9.85. The van der Waals surface area contributed by atoms with Gasteiger partial charge in [-0.25, -0.2) is 13.6 Å². The van der Waals surface area contributed by atoms with E-state index >= 15 is 0 Å². The Labute approximate surface area is 158 Å². The smallest absolute Gasteiger partial charge is 0.238 e. The van der Waals surface area contributed by atoms with Crippen LogP contribution in [0.4, 0.5) is 0 Å². The highest BCUT2D eigenvalue weighted by molar-refractivity contribution is 7.89. The minimum absolute atomic E-state index is 0. The number of likely N-dealkylation sites (N-methyl/N-ethyl adjacent to an activating group) is 1. The molecule has 0 amide bonds. The Hall–Kier alpha value is -0.820. The van der Waals surface area contributed by atoms with Crippen LogP contribution in [0.3, 0.4) is 0 Å². The predicted molar refractivity (Wildman–Crippen MR) is 99.7 cm³/mol. The van der Waals surface area contributed by atoms with Crippen molar-refractivity contribution in [3.8, 4) is 0 Å². The van der Waals surface area contributed by atoms with Crippen molar-refractivity contribution in [3.63, 3.8) is 0 Å². The summed E-state index contributed by atoms with van der Waals surface area (Å²) >= 11 is 12.5. The molecule has 1 aliphatic heterocycles. The van der Waals surface area contributed by atoms with Gasteiger partial charge in [-0.1, -0.05) is 35.3 Å². The molecule has 4 nitrogen and oxygen atoms in total. The molecule has 2 aromatic rings. The van der Waals surface area contributed by atoms with E-state index in [1.165, 1.54) is 6.07 Å². The summed E-state index contributed by atoms with van der Waals surface area (Å²) in [6.45, 7) is 1.48. The fraction of sp³-hybridized carbons (Fsp3) is 0.250. The molecule has 1 atom stereocenters. The van der Waals surface area contributed by atoms with Gasteiger partial charge in [0.25, 0.3) is 0 Å². The summed E-state index contributed by atoms with van der Waals surface area (Å²) in [4.78, 5) is 2.26. The first-order valence-corrected chi connectivity index (χ1v) is 9.35. The number of benzene rings is 2. The SMILES string of the molecule is CN1Cc2c(Cl)cc(Cl)cc2C(c2cccc(S(N)(=O)=O)c2)C1.Cl. The maximum atomic E-state index is 11.6. The van der Waals surface area contributed by atoms with E-state index in [2.05, 4.69) is 4.90 Å². The van der Waals surface area contributed by atoms with E-state index in [1.807, 2.05) is 19.2 Å². The van der Waals surface area contributed by atoms with Gasteiger partial charge in [-0.3, -0.25) is 0 Å². The van der Waals surface area contributed by atoms with E-state index in [1.54, 1.807) is 18.2 Å². The number of rotatable bonds is 2. The Kier molecular flexibility index (Phi) is 5.85. The van der Waals surface area contributed by atoms with Crippen LogP contribution >= 0.6 is 35.6 Å². The zero-order valence-electron chi connectivity index (χ0n) is 12.9. The molecule has 0 spiro atoms.